The van der Waals surface area contributed by atoms with Crippen LogP contribution in [0.5, 0.6) is 0 Å². The second-order valence-electron chi connectivity index (χ2n) is 4.09. The molecule has 0 unspecified atom stereocenters. The third-order valence-electron chi connectivity index (χ3n) is 2.90. The van der Waals surface area contributed by atoms with Gasteiger partial charge in [-0.25, -0.2) is 9.97 Å². The van der Waals surface area contributed by atoms with E-state index < -0.39 is 0 Å². The van der Waals surface area contributed by atoms with Crippen LogP contribution in [0.25, 0.3) is 16.9 Å². The number of amides is 1. The van der Waals surface area contributed by atoms with Crippen LogP contribution in [0.1, 0.15) is 10.4 Å². The number of benzene rings is 1. The van der Waals surface area contributed by atoms with Crippen molar-refractivity contribution in [2.24, 2.45) is 0 Å². The monoisotopic (exact) mass is 287 g/mol. The molecular formula is C13H10ClN5O. The van der Waals surface area contributed by atoms with E-state index in [4.69, 9.17) is 11.6 Å². The van der Waals surface area contributed by atoms with E-state index >= 15 is 0 Å². The van der Waals surface area contributed by atoms with Gasteiger partial charge in [0.15, 0.2) is 5.65 Å². The van der Waals surface area contributed by atoms with Gasteiger partial charge in [0, 0.05) is 18.3 Å². The Morgan fingerprint density at radius 3 is 2.70 bits per heavy atom. The molecule has 7 heteroatoms. The molecule has 6 nitrogen and oxygen atoms in total. The van der Waals surface area contributed by atoms with Crippen LogP contribution in [0, 0.1) is 0 Å². The summed E-state index contributed by atoms with van der Waals surface area (Å²) in [4.78, 5) is 23.8. The molecule has 0 aliphatic rings. The minimum absolute atomic E-state index is 0.127. The molecule has 1 aromatic carbocycles. The molecule has 0 saturated carbocycles. The summed E-state index contributed by atoms with van der Waals surface area (Å²) >= 11 is 5.80. The van der Waals surface area contributed by atoms with Crippen molar-refractivity contribution in [3.63, 3.8) is 0 Å². The number of nitrogens with zero attached hydrogens (tertiary/aromatic N) is 4. The van der Waals surface area contributed by atoms with Gasteiger partial charge in [-0.15, -0.1) is 0 Å². The van der Waals surface area contributed by atoms with E-state index in [1.54, 1.807) is 36.3 Å². The van der Waals surface area contributed by atoms with E-state index in [0.717, 1.165) is 5.69 Å². The first-order chi connectivity index (χ1) is 9.69. The molecule has 1 amide bonds. The maximum absolute atomic E-state index is 11.5. The van der Waals surface area contributed by atoms with Crippen molar-refractivity contribution >= 4 is 28.7 Å². The van der Waals surface area contributed by atoms with Crippen LogP contribution in [-0.4, -0.2) is 32.5 Å². The van der Waals surface area contributed by atoms with E-state index in [1.807, 2.05) is 12.1 Å². The largest absolute Gasteiger partial charge is 0.355 e. The fraction of sp³-hybridized carbons (Fsp3) is 0.0769. The lowest BCUT2D eigenvalue weighted by Crippen LogP contribution is -2.17. The Bertz CT molecular complexity index is 781. The van der Waals surface area contributed by atoms with Crippen LogP contribution in [0.15, 0.2) is 36.8 Å². The Morgan fingerprint density at radius 2 is 2.00 bits per heavy atom. The van der Waals surface area contributed by atoms with Gasteiger partial charge < -0.3 is 5.32 Å². The van der Waals surface area contributed by atoms with E-state index in [0.29, 0.717) is 16.7 Å². The highest BCUT2D eigenvalue weighted by atomic mass is 35.5. The van der Waals surface area contributed by atoms with Gasteiger partial charge in [0.25, 0.3) is 5.91 Å². The zero-order valence-electron chi connectivity index (χ0n) is 10.5. The van der Waals surface area contributed by atoms with Gasteiger partial charge in [-0.05, 0) is 35.9 Å². The number of nitrogens with one attached hydrogen (secondary N) is 1. The van der Waals surface area contributed by atoms with Crippen molar-refractivity contribution in [1.82, 2.24) is 24.8 Å². The highest BCUT2D eigenvalue weighted by Crippen LogP contribution is 2.17. The fourth-order valence-corrected chi connectivity index (χ4v) is 2.02. The maximum Gasteiger partial charge on any atom is 0.251 e. The molecule has 0 atom stereocenters. The Labute approximate surface area is 119 Å². The van der Waals surface area contributed by atoms with Crippen LogP contribution in [0.2, 0.25) is 5.28 Å². The number of carbonyl (C=O) groups excluding carboxylic acids is 1. The van der Waals surface area contributed by atoms with Crippen molar-refractivity contribution < 1.29 is 4.79 Å². The molecule has 0 bridgehead atoms. The highest BCUT2D eigenvalue weighted by molar-refractivity contribution is 6.28. The first-order valence-corrected chi connectivity index (χ1v) is 6.25. The molecule has 20 heavy (non-hydrogen) atoms. The number of aromatic nitrogens is 4. The molecule has 1 N–H and O–H groups in total. The molecule has 0 spiro atoms. The normalized spacial score (nSPS) is 10.7. The van der Waals surface area contributed by atoms with Gasteiger partial charge >= 0.3 is 0 Å². The number of rotatable bonds is 2. The van der Waals surface area contributed by atoms with Crippen molar-refractivity contribution in [2.75, 3.05) is 7.05 Å². The van der Waals surface area contributed by atoms with Crippen LogP contribution in [0.4, 0.5) is 0 Å². The van der Waals surface area contributed by atoms with Crippen molar-refractivity contribution in [1.29, 1.82) is 0 Å². The van der Waals surface area contributed by atoms with Crippen molar-refractivity contribution in [3.8, 4) is 5.69 Å². The van der Waals surface area contributed by atoms with E-state index in [1.165, 1.54) is 0 Å². The zero-order chi connectivity index (χ0) is 14.1. The van der Waals surface area contributed by atoms with E-state index in [9.17, 15) is 4.79 Å². The summed E-state index contributed by atoms with van der Waals surface area (Å²) < 4.78 is 1.79. The summed E-state index contributed by atoms with van der Waals surface area (Å²) in [5.41, 5.74) is 2.71. The van der Waals surface area contributed by atoms with Crippen molar-refractivity contribution in [3.05, 3.63) is 47.6 Å². The highest BCUT2D eigenvalue weighted by Gasteiger charge is 2.08. The Hall–Kier alpha value is -2.47. The molecule has 2 heterocycles. The summed E-state index contributed by atoms with van der Waals surface area (Å²) in [7, 11) is 1.60. The lowest BCUT2D eigenvalue weighted by atomic mass is 10.2. The quantitative estimate of drug-likeness (QED) is 0.730. The molecule has 3 rings (SSSR count). The first-order valence-electron chi connectivity index (χ1n) is 5.87. The van der Waals surface area contributed by atoms with Crippen LogP contribution in [-0.2, 0) is 0 Å². The molecule has 0 saturated heterocycles. The third kappa shape index (κ3) is 2.10. The smallest absolute Gasteiger partial charge is 0.251 e. The first kappa shape index (κ1) is 12.6. The van der Waals surface area contributed by atoms with E-state index in [2.05, 4.69) is 20.3 Å². The zero-order valence-corrected chi connectivity index (χ0v) is 11.3. The second-order valence-corrected chi connectivity index (χ2v) is 4.43. The Balaban J connectivity index is 2.07. The van der Waals surface area contributed by atoms with Gasteiger partial charge in [0.2, 0.25) is 5.28 Å². The molecule has 0 aliphatic heterocycles. The Morgan fingerprint density at radius 1 is 1.25 bits per heavy atom. The van der Waals surface area contributed by atoms with Gasteiger partial charge in [-0.2, -0.15) is 4.98 Å². The number of halogens is 1. The number of fused-ring (bicyclic) bond motifs is 1. The molecule has 3 aromatic rings. The molecule has 0 fully saturated rings. The average Bonchev–Trinajstić information content (AvgIpc) is 2.89. The van der Waals surface area contributed by atoms with Crippen molar-refractivity contribution in [2.45, 2.75) is 0 Å². The molecular weight excluding hydrogens is 278 g/mol. The minimum atomic E-state index is -0.127. The molecule has 2 aromatic heterocycles. The van der Waals surface area contributed by atoms with Crippen LogP contribution in [0.3, 0.4) is 0 Å². The predicted molar refractivity (Wildman–Crippen MR) is 75.1 cm³/mol. The summed E-state index contributed by atoms with van der Waals surface area (Å²) in [6.45, 7) is 0. The molecule has 0 aliphatic carbocycles. The predicted octanol–water partition coefficient (Wildman–Crippen LogP) is 1.83. The van der Waals surface area contributed by atoms with Crippen LogP contribution < -0.4 is 5.32 Å². The lowest BCUT2D eigenvalue weighted by Gasteiger charge is -2.05. The fourth-order valence-electron chi connectivity index (χ4n) is 1.90. The minimum Gasteiger partial charge on any atom is -0.355 e. The number of hydrogen-bond donors (Lipinski definition) is 1. The van der Waals surface area contributed by atoms with Crippen LogP contribution >= 0.6 is 11.6 Å². The summed E-state index contributed by atoms with van der Waals surface area (Å²) in [6, 6.07) is 7.12. The second kappa shape index (κ2) is 4.90. The SMILES string of the molecule is CNC(=O)c1ccc(-n2cnc3cnc(Cl)nc32)cc1. The maximum atomic E-state index is 11.5. The lowest BCUT2D eigenvalue weighted by molar-refractivity contribution is 0.0963. The van der Waals surface area contributed by atoms with Gasteiger partial charge in [0.1, 0.15) is 11.8 Å². The van der Waals surface area contributed by atoms with Gasteiger partial charge in [-0.1, -0.05) is 0 Å². The topological polar surface area (TPSA) is 72.7 Å². The summed E-state index contributed by atoms with van der Waals surface area (Å²) in [6.07, 6.45) is 3.21. The average molecular weight is 288 g/mol. The molecule has 100 valence electrons. The summed E-state index contributed by atoms with van der Waals surface area (Å²) in [5, 5.41) is 2.74. The third-order valence-corrected chi connectivity index (χ3v) is 3.08. The summed E-state index contributed by atoms with van der Waals surface area (Å²) in [5.74, 6) is -0.127. The standard InChI is InChI=1S/C13H10ClN5O/c1-15-12(20)8-2-4-9(5-3-8)19-7-17-10-6-16-13(14)18-11(10)19/h2-7H,1H3,(H,15,20). The Kier molecular flexibility index (Phi) is 3.08. The number of imidazole rings is 1. The van der Waals surface area contributed by atoms with Gasteiger partial charge in [0.05, 0.1) is 6.20 Å². The number of carbonyl (C=O) groups is 1. The van der Waals surface area contributed by atoms with Gasteiger partial charge in [-0.3, -0.25) is 9.36 Å². The van der Waals surface area contributed by atoms with E-state index in [-0.39, 0.29) is 11.2 Å². The number of hydrogen-bond acceptors (Lipinski definition) is 4. The molecule has 0 radical (unpaired) electrons.